The number of para-hydroxylation sites is 1. The van der Waals surface area contributed by atoms with Crippen molar-refractivity contribution in [2.75, 3.05) is 11.9 Å². The highest BCUT2D eigenvalue weighted by Crippen LogP contribution is 2.29. The van der Waals surface area contributed by atoms with E-state index in [4.69, 9.17) is 0 Å². The number of hydrogen-bond donors (Lipinski definition) is 2. The molecule has 1 aromatic carbocycles. The van der Waals surface area contributed by atoms with Crippen LogP contribution in [0.3, 0.4) is 0 Å². The molecule has 0 saturated heterocycles. The topological polar surface area (TPSA) is 71.1 Å². The predicted molar refractivity (Wildman–Crippen MR) is 105 cm³/mol. The van der Waals surface area contributed by atoms with Gasteiger partial charge in [-0.05, 0) is 29.0 Å². The number of hydrogen-bond acceptors (Lipinski definition) is 3. The number of aromatic nitrogens is 1. The molecule has 0 aliphatic carbocycles. The summed E-state index contributed by atoms with van der Waals surface area (Å²) in [6.45, 7) is 10.9. The lowest BCUT2D eigenvalue weighted by Crippen LogP contribution is -2.27. The predicted octanol–water partition coefficient (Wildman–Crippen LogP) is 4.02. The lowest BCUT2D eigenvalue weighted by molar-refractivity contribution is 0.0948. The van der Waals surface area contributed by atoms with Gasteiger partial charge in [0, 0.05) is 24.6 Å². The average molecular weight is 353 g/mol. The minimum Gasteiger partial charge on any atom is -0.352 e. The van der Waals surface area contributed by atoms with Crippen molar-refractivity contribution in [3.05, 3.63) is 59.4 Å². The van der Waals surface area contributed by atoms with Crippen molar-refractivity contribution < 1.29 is 9.59 Å². The molecule has 2 amide bonds. The van der Waals surface area contributed by atoms with E-state index in [2.05, 4.69) is 36.4 Å². The molecule has 138 valence electrons. The van der Waals surface area contributed by atoms with Gasteiger partial charge in [-0.2, -0.15) is 0 Å². The van der Waals surface area contributed by atoms with Crippen molar-refractivity contribution in [3.8, 4) is 0 Å². The molecule has 2 rings (SSSR count). The van der Waals surface area contributed by atoms with Gasteiger partial charge in [-0.3, -0.25) is 14.6 Å². The van der Waals surface area contributed by atoms with E-state index in [-0.39, 0.29) is 17.2 Å². The Labute approximate surface area is 155 Å². The summed E-state index contributed by atoms with van der Waals surface area (Å²) in [6.07, 6.45) is 2.93. The smallest absolute Gasteiger partial charge is 0.257 e. The Balaban J connectivity index is 2.19. The van der Waals surface area contributed by atoms with E-state index in [1.165, 1.54) is 12.4 Å². The Bertz CT molecular complexity index is 792. The standard InChI is InChI=1S/C21H27N3O2/c1-14(2)11-23-19(25)15-10-16(13-22-12-15)20(26)24-18-9-7-6-8-17(18)21(3,4)5/h6-10,12-14H,11H2,1-5H3,(H,23,25)(H,24,26). The van der Waals surface area contributed by atoms with Crippen LogP contribution < -0.4 is 10.6 Å². The summed E-state index contributed by atoms with van der Waals surface area (Å²) < 4.78 is 0. The van der Waals surface area contributed by atoms with E-state index in [1.807, 2.05) is 38.1 Å². The molecule has 5 heteroatoms. The van der Waals surface area contributed by atoms with Crippen LogP contribution in [0.2, 0.25) is 0 Å². The zero-order valence-corrected chi connectivity index (χ0v) is 16.1. The summed E-state index contributed by atoms with van der Waals surface area (Å²) in [6, 6.07) is 9.29. The van der Waals surface area contributed by atoms with E-state index in [1.54, 1.807) is 6.07 Å². The first-order valence-corrected chi connectivity index (χ1v) is 8.82. The highest BCUT2D eigenvalue weighted by atomic mass is 16.2. The average Bonchev–Trinajstić information content (AvgIpc) is 2.59. The Kier molecular flexibility index (Phi) is 6.14. The molecule has 0 atom stereocenters. The summed E-state index contributed by atoms with van der Waals surface area (Å²) in [5.74, 6) is -0.157. The molecule has 0 aliphatic heterocycles. The van der Waals surface area contributed by atoms with Crippen molar-refractivity contribution in [2.45, 2.75) is 40.0 Å². The molecule has 1 heterocycles. The third-order valence-corrected chi connectivity index (χ3v) is 3.92. The van der Waals surface area contributed by atoms with Crippen molar-refractivity contribution in [1.29, 1.82) is 0 Å². The normalized spacial score (nSPS) is 11.3. The molecule has 0 aliphatic rings. The highest BCUT2D eigenvalue weighted by Gasteiger charge is 2.19. The molecule has 5 nitrogen and oxygen atoms in total. The number of amides is 2. The summed E-state index contributed by atoms with van der Waals surface area (Å²) >= 11 is 0. The highest BCUT2D eigenvalue weighted by molar-refractivity contribution is 6.06. The quantitative estimate of drug-likeness (QED) is 0.853. The van der Waals surface area contributed by atoms with Crippen molar-refractivity contribution in [1.82, 2.24) is 10.3 Å². The fourth-order valence-electron chi connectivity index (χ4n) is 2.53. The maximum absolute atomic E-state index is 12.7. The van der Waals surface area contributed by atoms with Crippen LogP contribution in [0.5, 0.6) is 0 Å². The van der Waals surface area contributed by atoms with Crippen molar-refractivity contribution in [3.63, 3.8) is 0 Å². The number of nitrogens with one attached hydrogen (secondary N) is 2. The number of carbonyl (C=O) groups is 2. The SMILES string of the molecule is CC(C)CNC(=O)c1cncc(C(=O)Nc2ccccc2C(C)(C)C)c1. The third kappa shape index (κ3) is 5.15. The van der Waals surface area contributed by atoms with Crippen LogP contribution in [-0.2, 0) is 5.41 Å². The van der Waals surface area contributed by atoms with Gasteiger partial charge in [0.25, 0.3) is 11.8 Å². The van der Waals surface area contributed by atoms with E-state index in [9.17, 15) is 9.59 Å². The third-order valence-electron chi connectivity index (χ3n) is 3.92. The minimum atomic E-state index is -0.285. The number of anilines is 1. The van der Waals surface area contributed by atoms with E-state index < -0.39 is 0 Å². The van der Waals surface area contributed by atoms with Gasteiger partial charge in [-0.25, -0.2) is 0 Å². The second-order valence-electron chi connectivity index (χ2n) is 7.82. The van der Waals surface area contributed by atoms with Crippen LogP contribution in [0.15, 0.2) is 42.7 Å². The summed E-state index contributed by atoms with van der Waals surface area (Å²) in [4.78, 5) is 28.9. The Morgan fingerprint density at radius 2 is 1.65 bits per heavy atom. The molecule has 0 spiro atoms. The van der Waals surface area contributed by atoms with Crippen molar-refractivity contribution >= 4 is 17.5 Å². The number of rotatable bonds is 5. The fraction of sp³-hybridized carbons (Fsp3) is 0.381. The van der Waals surface area contributed by atoms with Crippen LogP contribution in [-0.4, -0.2) is 23.3 Å². The molecule has 2 aromatic rings. The first kappa shape index (κ1) is 19.6. The maximum Gasteiger partial charge on any atom is 0.257 e. The molecule has 0 bridgehead atoms. The van der Waals surface area contributed by atoms with Gasteiger partial charge in [-0.1, -0.05) is 52.8 Å². The molecule has 0 fully saturated rings. The Hall–Kier alpha value is -2.69. The van der Waals surface area contributed by atoms with Gasteiger partial charge in [0.1, 0.15) is 0 Å². The van der Waals surface area contributed by atoms with Crippen LogP contribution >= 0.6 is 0 Å². The number of benzene rings is 1. The van der Waals surface area contributed by atoms with Gasteiger partial charge >= 0.3 is 0 Å². The monoisotopic (exact) mass is 353 g/mol. The molecule has 0 radical (unpaired) electrons. The van der Waals surface area contributed by atoms with Crippen LogP contribution in [0.4, 0.5) is 5.69 Å². The Morgan fingerprint density at radius 1 is 1.04 bits per heavy atom. The van der Waals surface area contributed by atoms with Gasteiger partial charge in [0.15, 0.2) is 0 Å². The fourth-order valence-corrected chi connectivity index (χ4v) is 2.53. The number of carbonyl (C=O) groups excluding carboxylic acids is 2. The lowest BCUT2D eigenvalue weighted by atomic mass is 9.86. The largest absolute Gasteiger partial charge is 0.352 e. The van der Waals surface area contributed by atoms with E-state index in [0.29, 0.717) is 23.6 Å². The molecular weight excluding hydrogens is 326 g/mol. The van der Waals surface area contributed by atoms with Gasteiger partial charge in [0.05, 0.1) is 11.1 Å². The minimum absolute atomic E-state index is 0.0965. The van der Waals surface area contributed by atoms with Crippen LogP contribution in [0.25, 0.3) is 0 Å². The molecule has 26 heavy (non-hydrogen) atoms. The summed E-state index contributed by atoms with van der Waals surface area (Å²) in [7, 11) is 0. The van der Waals surface area contributed by atoms with Crippen LogP contribution in [0.1, 0.15) is 60.9 Å². The summed E-state index contributed by atoms with van der Waals surface area (Å²) in [5.41, 5.74) is 2.45. The van der Waals surface area contributed by atoms with Crippen LogP contribution in [0, 0.1) is 5.92 Å². The molecule has 2 N–H and O–H groups in total. The maximum atomic E-state index is 12.7. The summed E-state index contributed by atoms with van der Waals surface area (Å²) in [5, 5.41) is 5.77. The zero-order chi connectivity index (χ0) is 19.3. The lowest BCUT2D eigenvalue weighted by Gasteiger charge is -2.23. The number of nitrogens with zero attached hydrogens (tertiary/aromatic N) is 1. The second kappa shape index (κ2) is 8.13. The first-order chi connectivity index (χ1) is 12.2. The molecular formula is C21H27N3O2. The van der Waals surface area contributed by atoms with Gasteiger partial charge in [-0.15, -0.1) is 0 Å². The Morgan fingerprint density at radius 3 is 2.27 bits per heavy atom. The molecule has 0 unspecified atom stereocenters. The number of pyridine rings is 1. The first-order valence-electron chi connectivity index (χ1n) is 8.82. The van der Waals surface area contributed by atoms with Gasteiger partial charge in [0.2, 0.25) is 0 Å². The van der Waals surface area contributed by atoms with Crippen molar-refractivity contribution in [2.24, 2.45) is 5.92 Å². The van der Waals surface area contributed by atoms with Gasteiger partial charge < -0.3 is 10.6 Å². The molecule has 0 saturated carbocycles. The second-order valence-corrected chi connectivity index (χ2v) is 7.82. The molecule has 1 aromatic heterocycles. The van der Waals surface area contributed by atoms with E-state index >= 15 is 0 Å². The van der Waals surface area contributed by atoms with E-state index in [0.717, 1.165) is 11.3 Å². The zero-order valence-electron chi connectivity index (χ0n) is 16.1.